The molecule has 0 aromatic carbocycles. The fourth-order valence-corrected chi connectivity index (χ4v) is 2.78. The summed E-state index contributed by atoms with van der Waals surface area (Å²) >= 11 is 4.98. The molecule has 0 aliphatic carbocycles. The van der Waals surface area contributed by atoms with Crippen LogP contribution in [-0.4, -0.2) is 15.0 Å². The highest BCUT2D eigenvalue weighted by molar-refractivity contribution is 9.10. The van der Waals surface area contributed by atoms with E-state index >= 15 is 0 Å². The van der Waals surface area contributed by atoms with Crippen LogP contribution in [0.25, 0.3) is 0 Å². The van der Waals surface area contributed by atoms with Crippen LogP contribution in [-0.2, 0) is 0 Å². The lowest BCUT2D eigenvalue weighted by Crippen LogP contribution is -2.05. The van der Waals surface area contributed by atoms with Crippen LogP contribution >= 0.6 is 27.7 Å². The molecule has 0 bridgehead atoms. The standard InChI is InChI=1S/C13H15BrN4S/c1-7(2)11-17-10(15)8(3)12(18-11)19-13-9(14)5-4-6-16-13/h4-7H,1-3H3,(H2,15,17,18). The van der Waals surface area contributed by atoms with Crippen LogP contribution in [0.5, 0.6) is 0 Å². The van der Waals surface area contributed by atoms with Crippen LogP contribution in [0.2, 0.25) is 0 Å². The molecule has 4 nitrogen and oxygen atoms in total. The summed E-state index contributed by atoms with van der Waals surface area (Å²) in [6, 6.07) is 3.84. The van der Waals surface area contributed by atoms with Crippen molar-refractivity contribution in [3.8, 4) is 0 Å². The molecule has 0 radical (unpaired) electrons. The Morgan fingerprint density at radius 1 is 1.26 bits per heavy atom. The molecule has 0 spiro atoms. The summed E-state index contributed by atoms with van der Waals surface area (Å²) in [7, 11) is 0. The number of anilines is 1. The van der Waals surface area contributed by atoms with E-state index in [4.69, 9.17) is 5.73 Å². The Bertz CT molecular complexity index is 601. The SMILES string of the molecule is Cc1c(N)nc(C(C)C)nc1Sc1ncccc1Br. The highest BCUT2D eigenvalue weighted by atomic mass is 79.9. The second kappa shape index (κ2) is 5.88. The molecule has 100 valence electrons. The first-order chi connectivity index (χ1) is 8.99. The third-order valence-electron chi connectivity index (χ3n) is 2.59. The molecule has 6 heteroatoms. The fraction of sp³-hybridized carbons (Fsp3) is 0.308. The topological polar surface area (TPSA) is 64.7 Å². The number of aromatic nitrogens is 3. The van der Waals surface area contributed by atoms with Crippen LogP contribution in [0, 0.1) is 6.92 Å². The molecule has 0 atom stereocenters. The predicted molar refractivity (Wildman–Crippen MR) is 81.3 cm³/mol. The van der Waals surface area contributed by atoms with E-state index in [1.165, 1.54) is 11.8 Å². The molecule has 19 heavy (non-hydrogen) atoms. The maximum absolute atomic E-state index is 5.95. The number of pyridine rings is 1. The van der Waals surface area contributed by atoms with E-state index in [-0.39, 0.29) is 5.92 Å². The predicted octanol–water partition coefficient (Wildman–Crippen LogP) is 3.80. The van der Waals surface area contributed by atoms with E-state index in [0.29, 0.717) is 5.82 Å². The quantitative estimate of drug-likeness (QED) is 0.862. The maximum atomic E-state index is 5.95. The van der Waals surface area contributed by atoms with Gasteiger partial charge in [-0.05, 0) is 46.7 Å². The Morgan fingerprint density at radius 2 is 2.00 bits per heavy atom. The summed E-state index contributed by atoms with van der Waals surface area (Å²) in [4.78, 5) is 13.2. The highest BCUT2D eigenvalue weighted by Gasteiger charge is 2.14. The zero-order chi connectivity index (χ0) is 14.0. The second-order valence-electron chi connectivity index (χ2n) is 4.44. The smallest absolute Gasteiger partial charge is 0.134 e. The van der Waals surface area contributed by atoms with Crippen molar-refractivity contribution in [3.63, 3.8) is 0 Å². The Labute approximate surface area is 125 Å². The zero-order valence-corrected chi connectivity index (χ0v) is 13.4. The van der Waals surface area contributed by atoms with Gasteiger partial charge in [0.1, 0.15) is 21.7 Å². The van der Waals surface area contributed by atoms with E-state index in [2.05, 4.69) is 44.7 Å². The van der Waals surface area contributed by atoms with Crippen molar-refractivity contribution in [1.29, 1.82) is 0 Å². The summed E-state index contributed by atoms with van der Waals surface area (Å²) in [6.45, 7) is 6.03. The Kier molecular flexibility index (Phi) is 4.42. The lowest BCUT2D eigenvalue weighted by atomic mass is 10.2. The second-order valence-corrected chi connectivity index (χ2v) is 6.28. The van der Waals surface area contributed by atoms with Gasteiger partial charge < -0.3 is 5.73 Å². The summed E-state index contributed by atoms with van der Waals surface area (Å²) in [5.41, 5.74) is 6.85. The van der Waals surface area contributed by atoms with E-state index < -0.39 is 0 Å². The summed E-state index contributed by atoms with van der Waals surface area (Å²) in [5.74, 6) is 1.54. The van der Waals surface area contributed by atoms with E-state index in [1.807, 2.05) is 19.1 Å². The Balaban J connectivity index is 2.42. The Morgan fingerprint density at radius 3 is 2.63 bits per heavy atom. The number of hydrogen-bond donors (Lipinski definition) is 1. The molecule has 2 aromatic heterocycles. The molecule has 2 heterocycles. The maximum Gasteiger partial charge on any atom is 0.134 e. The van der Waals surface area contributed by atoms with Gasteiger partial charge in [-0.1, -0.05) is 13.8 Å². The molecule has 0 fully saturated rings. The largest absolute Gasteiger partial charge is 0.383 e. The van der Waals surface area contributed by atoms with Crippen molar-refractivity contribution < 1.29 is 0 Å². The molecule has 2 aromatic rings. The van der Waals surface area contributed by atoms with Crippen molar-refractivity contribution >= 4 is 33.5 Å². The number of nitrogens with zero attached hydrogens (tertiary/aromatic N) is 3. The highest BCUT2D eigenvalue weighted by Crippen LogP contribution is 2.34. The molecular weight excluding hydrogens is 324 g/mol. The Hall–Kier alpha value is -1.14. The van der Waals surface area contributed by atoms with Crippen LogP contribution in [0.15, 0.2) is 32.9 Å². The lowest BCUT2D eigenvalue weighted by Gasteiger charge is -2.11. The van der Waals surface area contributed by atoms with Gasteiger partial charge in [0.2, 0.25) is 0 Å². The number of halogens is 1. The van der Waals surface area contributed by atoms with Crippen LogP contribution in [0.1, 0.15) is 31.2 Å². The van der Waals surface area contributed by atoms with Gasteiger partial charge in [-0.15, -0.1) is 0 Å². The van der Waals surface area contributed by atoms with Gasteiger partial charge in [0.05, 0.1) is 4.47 Å². The summed E-state index contributed by atoms with van der Waals surface area (Å²) in [5, 5.41) is 1.73. The minimum Gasteiger partial charge on any atom is -0.383 e. The molecule has 0 aliphatic heterocycles. The molecular formula is C13H15BrN4S. The average Bonchev–Trinajstić information content (AvgIpc) is 2.37. The van der Waals surface area contributed by atoms with Crippen molar-refractivity contribution in [3.05, 3.63) is 34.2 Å². The minimum absolute atomic E-state index is 0.245. The molecule has 0 saturated heterocycles. The monoisotopic (exact) mass is 338 g/mol. The van der Waals surface area contributed by atoms with Crippen LogP contribution in [0.3, 0.4) is 0 Å². The molecule has 2 rings (SSSR count). The van der Waals surface area contributed by atoms with Crippen LogP contribution in [0.4, 0.5) is 5.82 Å². The number of rotatable bonds is 3. The van der Waals surface area contributed by atoms with E-state index in [9.17, 15) is 0 Å². The van der Waals surface area contributed by atoms with Crippen LogP contribution < -0.4 is 5.73 Å². The number of nitrogen functional groups attached to an aromatic ring is 1. The zero-order valence-electron chi connectivity index (χ0n) is 11.0. The van der Waals surface area contributed by atoms with Gasteiger partial charge in [0, 0.05) is 17.7 Å². The molecule has 0 saturated carbocycles. The van der Waals surface area contributed by atoms with E-state index in [0.717, 1.165) is 25.9 Å². The number of hydrogen-bond acceptors (Lipinski definition) is 5. The average molecular weight is 339 g/mol. The van der Waals surface area contributed by atoms with Crippen molar-refractivity contribution in [2.24, 2.45) is 0 Å². The normalized spacial score (nSPS) is 11.0. The molecule has 0 amide bonds. The summed E-state index contributed by atoms with van der Waals surface area (Å²) < 4.78 is 0.947. The van der Waals surface area contributed by atoms with Gasteiger partial charge in [0.15, 0.2) is 0 Å². The van der Waals surface area contributed by atoms with Gasteiger partial charge in [-0.25, -0.2) is 15.0 Å². The minimum atomic E-state index is 0.245. The fourth-order valence-electron chi connectivity index (χ4n) is 1.43. The first-order valence-electron chi connectivity index (χ1n) is 5.91. The third-order valence-corrected chi connectivity index (χ3v) is 4.60. The van der Waals surface area contributed by atoms with Crippen molar-refractivity contribution in [1.82, 2.24) is 15.0 Å². The summed E-state index contributed by atoms with van der Waals surface area (Å²) in [6.07, 6.45) is 1.76. The van der Waals surface area contributed by atoms with Crippen molar-refractivity contribution in [2.75, 3.05) is 5.73 Å². The van der Waals surface area contributed by atoms with Gasteiger partial charge in [-0.3, -0.25) is 0 Å². The van der Waals surface area contributed by atoms with Gasteiger partial charge in [0.25, 0.3) is 0 Å². The molecule has 2 N–H and O–H groups in total. The van der Waals surface area contributed by atoms with Crippen molar-refractivity contribution in [2.45, 2.75) is 36.7 Å². The molecule has 0 aliphatic rings. The third kappa shape index (κ3) is 3.25. The van der Waals surface area contributed by atoms with Gasteiger partial charge >= 0.3 is 0 Å². The van der Waals surface area contributed by atoms with E-state index in [1.54, 1.807) is 6.20 Å². The first kappa shape index (κ1) is 14.3. The lowest BCUT2D eigenvalue weighted by molar-refractivity contribution is 0.751. The number of nitrogens with two attached hydrogens (primary N) is 1. The first-order valence-corrected chi connectivity index (χ1v) is 7.52. The molecule has 0 unspecified atom stereocenters. The van der Waals surface area contributed by atoms with Gasteiger partial charge in [-0.2, -0.15) is 0 Å².